The highest BCUT2D eigenvalue weighted by atomic mass is 32.1. The molecule has 2 aromatic rings. The van der Waals surface area contributed by atoms with Crippen LogP contribution >= 0.6 is 11.3 Å². The van der Waals surface area contributed by atoms with Crippen molar-refractivity contribution in [2.75, 3.05) is 6.54 Å². The molecule has 0 aliphatic rings. The van der Waals surface area contributed by atoms with E-state index in [1.807, 2.05) is 18.2 Å². The molecular formula is C11H10N2S. The van der Waals surface area contributed by atoms with Gasteiger partial charge in [-0.15, -0.1) is 11.3 Å². The van der Waals surface area contributed by atoms with E-state index in [1.54, 1.807) is 11.3 Å². The Labute approximate surface area is 86.8 Å². The summed E-state index contributed by atoms with van der Waals surface area (Å²) in [7, 11) is 0. The normalized spacial score (nSPS) is 9.79. The minimum absolute atomic E-state index is 0.609. The van der Waals surface area contributed by atoms with Crippen LogP contribution in [0.25, 0.3) is 10.2 Å². The number of thiazole rings is 1. The second-order valence-corrected chi connectivity index (χ2v) is 3.86. The first kappa shape index (κ1) is 9.20. The summed E-state index contributed by atoms with van der Waals surface area (Å²) in [6.45, 7) is 0.609. The van der Waals surface area contributed by atoms with Gasteiger partial charge in [-0.3, -0.25) is 0 Å². The number of hydrogen-bond donors (Lipinski definition) is 1. The number of nitrogens with zero attached hydrogens (tertiary/aromatic N) is 1. The van der Waals surface area contributed by atoms with Gasteiger partial charge < -0.3 is 5.73 Å². The quantitative estimate of drug-likeness (QED) is 0.718. The summed E-state index contributed by atoms with van der Waals surface area (Å²) in [5.41, 5.74) is 6.37. The third-order valence-corrected chi connectivity index (χ3v) is 2.71. The molecule has 2 rings (SSSR count). The third-order valence-electron chi connectivity index (χ3n) is 1.76. The average Bonchev–Trinajstić information content (AvgIpc) is 2.60. The number of nitrogens with two attached hydrogens (primary N) is 1. The van der Waals surface area contributed by atoms with Crippen molar-refractivity contribution in [2.24, 2.45) is 5.73 Å². The summed E-state index contributed by atoms with van der Waals surface area (Å²) >= 11 is 1.62. The lowest BCUT2D eigenvalue weighted by atomic mass is 10.3. The Bertz CT molecular complexity index is 457. The van der Waals surface area contributed by atoms with Gasteiger partial charge in [0.1, 0.15) is 0 Å². The predicted octanol–water partition coefficient (Wildman–Crippen LogP) is 2.00. The molecule has 0 fully saturated rings. The molecule has 0 aliphatic heterocycles. The van der Waals surface area contributed by atoms with Crippen molar-refractivity contribution in [2.45, 2.75) is 6.42 Å². The Hall–Kier alpha value is -1.37. The van der Waals surface area contributed by atoms with E-state index in [9.17, 15) is 0 Å². The Morgan fingerprint density at radius 2 is 2.21 bits per heavy atom. The van der Waals surface area contributed by atoms with Crippen LogP contribution in [-0.4, -0.2) is 11.5 Å². The van der Waals surface area contributed by atoms with Crippen LogP contribution in [0.3, 0.4) is 0 Å². The van der Waals surface area contributed by atoms with Crippen molar-refractivity contribution in [3.8, 4) is 11.8 Å². The second-order valence-electron chi connectivity index (χ2n) is 2.83. The van der Waals surface area contributed by atoms with Crippen molar-refractivity contribution < 1.29 is 0 Å². The van der Waals surface area contributed by atoms with E-state index >= 15 is 0 Å². The first-order chi connectivity index (χ1) is 6.90. The van der Waals surface area contributed by atoms with Gasteiger partial charge in [0.25, 0.3) is 0 Å². The zero-order valence-corrected chi connectivity index (χ0v) is 8.47. The number of rotatable bonds is 1. The molecule has 0 amide bonds. The monoisotopic (exact) mass is 202 g/mol. The lowest BCUT2D eigenvalue weighted by Crippen LogP contribution is -1.95. The van der Waals surface area contributed by atoms with E-state index < -0.39 is 0 Å². The summed E-state index contributed by atoms with van der Waals surface area (Å²) in [4.78, 5) is 4.39. The van der Waals surface area contributed by atoms with Crippen LogP contribution < -0.4 is 5.73 Å². The molecule has 0 aliphatic carbocycles. The van der Waals surface area contributed by atoms with Gasteiger partial charge in [0.05, 0.1) is 10.2 Å². The number of benzene rings is 1. The smallest absolute Gasteiger partial charge is 0.168 e. The average molecular weight is 202 g/mol. The summed E-state index contributed by atoms with van der Waals surface area (Å²) in [6.07, 6.45) is 0.732. The molecule has 2 N–H and O–H groups in total. The molecule has 0 atom stereocenters. The largest absolute Gasteiger partial charge is 0.330 e. The molecule has 3 heteroatoms. The fourth-order valence-electron chi connectivity index (χ4n) is 1.14. The summed E-state index contributed by atoms with van der Waals surface area (Å²) in [5.74, 6) is 6.00. The predicted molar refractivity (Wildman–Crippen MR) is 60.2 cm³/mol. The van der Waals surface area contributed by atoms with Crippen LogP contribution in [-0.2, 0) is 0 Å². The highest BCUT2D eigenvalue weighted by Gasteiger charge is 1.98. The summed E-state index contributed by atoms with van der Waals surface area (Å²) in [6, 6.07) is 8.05. The maximum Gasteiger partial charge on any atom is 0.168 e. The van der Waals surface area contributed by atoms with Gasteiger partial charge in [0.2, 0.25) is 0 Å². The van der Waals surface area contributed by atoms with Crippen LogP contribution in [0.4, 0.5) is 0 Å². The SMILES string of the molecule is NCCC#Cc1nc2ccccc2s1. The Morgan fingerprint density at radius 1 is 1.36 bits per heavy atom. The minimum atomic E-state index is 0.609. The number of hydrogen-bond acceptors (Lipinski definition) is 3. The van der Waals surface area contributed by atoms with Gasteiger partial charge in [-0.2, -0.15) is 0 Å². The zero-order chi connectivity index (χ0) is 9.80. The molecule has 0 radical (unpaired) electrons. The Morgan fingerprint density at radius 3 is 3.00 bits per heavy atom. The maximum absolute atomic E-state index is 5.35. The zero-order valence-electron chi connectivity index (χ0n) is 7.66. The molecule has 0 unspecified atom stereocenters. The van der Waals surface area contributed by atoms with E-state index in [-0.39, 0.29) is 0 Å². The fourth-order valence-corrected chi connectivity index (χ4v) is 1.98. The molecule has 0 saturated carbocycles. The van der Waals surface area contributed by atoms with Gasteiger partial charge in [0.15, 0.2) is 5.01 Å². The standard InChI is InChI=1S/C11H10N2S/c12-8-4-3-7-11-13-9-5-1-2-6-10(9)14-11/h1-2,5-6H,4,8,12H2. The molecule has 1 aromatic heterocycles. The van der Waals surface area contributed by atoms with Gasteiger partial charge >= 0.3 is 0 Å². The molecule has 0 saturated heterocycles. The van der Waals surface area contributed by atoms with Crippen molar-refractivity contribution in [3.63, 3.8) is 0 Å². The lowest BCUT2D eigenvalue weighted by molar-refractivity contribution is 1.03. The summed E-state index contributed by atoms with van der Waals surface area (Å²) in [5, 5.41) is 0.875. The summed E-state index contributed by atoms with van der Waals surface area (Å²) < 4.78 is 1.18. The Balaban J connectivity index is 2.33. The molecule has 0 bridgehead atoms. The van der Waals surface area contributed by atoms with Gasteiger partial charge in [0, 0.05) is 13.0 Å². The highest BCUT2D eigenvalue weighted by Crippen LogP contribution is 2.20. The molecule has 0 spiro atoms. The molecule has 1 aromatic carbocycles. The lowest BCUT2D eigenvalue weighted by Gasteiger charge is -1.80. The van der Waals surface area contributed by atoms with Crippen LogP contribution in [0.1, 0.15) is 11.4 Å². The molecule has 2 nitrogen and oxygen atoms in total. The van der Waals surface area contributed by atoms with Crippen LogP contribution in [0.2, 0.25) is 0 Å². The van der Waals surface area contributed by atoms with Crippen LogP contribution in [0, 0.1) is 11.8 Å². The minimum Gasteiger partial charge on any atom is -0.330 e. The first-order valence-corrected chi connectivity index (χ1v) is 5.26. The van der Waals surface area contributed by atoms with Crippen molar-refractivity contribution in [1.29, 1.82) is 0 Å². The number of para-hydroxylation sites is 1. The van der Waals surface area contributed by atoms with Crippen molar-refractivity contribution in [3.05, 3.63) is 29.3 Å². The highest BCUT2D eigenvalue weighted by molar-refractivity contribution is 7.19. The molecular weight excluding hydrogens is 192 g/mol. The van der Waals surface area contributed by atoms with E-state index in [4.69, 9.17) is 5.73 Å². The Kier molecular flexibility index (Phi) is 2.78. The van der Waals surface area contributed by atoms with Gasteiger partial charge in [-0.05, 0) is 18.1 Å². The van der Waals surface area contributed by atoms with Crippen LogP contribution in [0.15, 0.2) is 24.3 Å². The third kappa shape index (κ3) is 1.92. The fraction of sp³-hybridized carbons (Fsp3) is 0.182. The maximum atomic E-state index is 5.35. The van der Waals surface area contributed by atoms with E-state index in [1.165, 1.54) is 4.70 Å². The van der Waals surface area contributed by atoms with Crippen molar-refractivity contribution >= 4 is 21.6 Å². The number of aromatic nitrogens is 1. The van der Waals surface area contributed by atoms with E-state index in [0.29, 0.717) is 6.54 Å². The molecule has 70 valence electrons. The number of fused-ring (bicyclic) bond motifs is 1. The molecule has 14 heavy (non-hydrogen) atoms. The molecule has 1 heterocycles. The van der Waals surface area contributed by atoms with Crippen molar-refractivity contribution in [1.82, 2.24) is 4.98 Å². The van der Waals surface area contributed by atoms with E-state index in [0.717, 1.165) is 16.9 Å². The second kappa shape index (κ2) is 4.23. The van der Waals surface area contributed by atoms with Crippen LogP contribution in [0.5, 0.6) is 0 Å². The van der Waals surface area contributed by atoms with E-state index in [2.05, 4.69) is 22.9 Å². The van der Waals surface area contributed by atoms with Gasteiger partial charge in [-0.25, -0.2) is 4.98 Å². The first-order valence-electron chi connectivity index (χ1n) is 4.44. The van der Waals surface area contributed by atoms with Gasteiger partial charge in [-0.1, -0.05) is 18.1 Å². The topological polar surface area (TPSA) is 38.9 Å².